The molecule has 1 aromatic heterocycles. The third-order valence-corrected chi connectivity index (χ3v) is 21.8. The van der Waals surface area contributed by atoms with Gasteiger partial charge in [0, 0.05) is 47.5 Å². The number of nitrogens with two attached hydrogens (primary N) is 1. The van der Waals surface area contributed by atoms with E-state index in [-0.39, 0.29) is 64.0 Å². The van der Waals surface area contributed by atoms with E-state index in [1.165, 1.54) is 44.6 Å². The minimum Gasteiger partial charge on any atom is -0.508 e. The van der Waals surface area contributed by atoms with Crippen LogP contribution in [0.5, 0.6) is 46.0 Å². The fourth-order valence-electron chi connectivity index (χ4n) is 14.6. The van der Waals surface area contributed by atoms with Gasteiger partial charge < -0.3 is 128 Å². The van der Waals surface area contributed by atoms with Crippen LogP contribution in [-0.4, -0.2) is 204 Å². The van der Waals surface area contributed by atoms with Gasteiger partial charge in [0.2, 0.25) is 53.4 Å². The molecule has 0 spiro atoms. The summed E-state index contributed by atoms with van der Waals surface area (Å²) in [7, 11) is 2.50. The number of anilines is 1. The fourth-order valence-corrected chi connectivity index (χ4v) is 15.2. The number of ether oxygens (including phenoxy) is 6. The maximum absolute atomic E-state index is 16.3. The molecule has 7 aliphatic rings. The average Bonchev–Trinajstić information content (AvgIpc) is 0.765. The number of benzene rings is 6. The van der Waals surface area contributed by atoms with Crippen molar-refractivity contribution in [3.05, 3.63) is 175 Å². The lowest BCUT2D eigenvalue weighted by Gasteiger charge is -2.48. The van der Waals surface area contributed by atoms with Crippen molar-refractivity contribution in [3.8, 4) is 57.1 Å². The highest BCUT2D eigenvalue weighted by atomic mass is 35.5. The number of rotatable bonds is 19. The minimum atomic E-state index is -2.39. The number of amides is 9. The first kappa shape index (κ1) is 89.1. The van der Waals surface area contributed by atoms with Crippen LogP contribution in [0.2, 0.25) is 15.1 Å². The van der Waals surface area contributed by atoms with Crippen LogP contribution in [0.15, 0.2) is 116 Å². The van der Waals surface area contributed by atoms with Gasteiger partial charge in [-0.2, -0.15) is 0 Å². The summed E-state index contributed by atoms with van der Waals surface area (Å²) in [5, 5.41) is 129. The lowest BCUT2D eigenvalue weighted by atomic mass is 9.84. The molecule has 0 saturated carbocycles. The Hall–Kier alpha value is -11.2. The van der Waals surface area contributed by atoms with Gasteiger partial charge in [0.25, 0.3) is 11.8 Å². The Balaban J connectivity index is 1.03. The first-order valence-corrected chi connectivity index (χ1v) is 38.8. The Morgan fingerprint density at radius 1 is 0.711 bits per heavy atom. The summed E-state index contributed by atoms with van der Waals surface area (Å²) in [6, 6.07) is 4.57. The number of aromatic hydroxyl groups is 3. The summed E-state index contributed by atoms with van der Waals surface area (Å²) in [5.74, 6) is -16.8. The van der Waals surface area contributed by atoms with E-state index in [0.29, 0.717) is 5.56 Å². The zero-order valence-corrected chi connectivity index (χ0v) is 67.3. The number of carbonyl (C=O) groups excluding carboxylic acids is 9. The molecule has 2 saturated heterocycles. The second kappa shape index (κ2) is 37.4. The van der Waals surface area contributed by atoms with Crippen LogP contribution in [0, 0.1) is 11.7 Å². The van der Waals surface area contributed by atoms with Gasteiger partial charge in [0.05, 0.1) is 65.3 Å². The van der Waals surface area contributed by atoms with Crippen LogP contribution >= 0.6 is 34.8 Å². The highest BCUT2D eigenvalue weighted by Gasteiger charge is 2.52. The van der Waals surface area contributed by atoms with E-state index in [0.717, 1.165) is 86.0 Å². The van der Waals surface area contributed by atoms with Crippen LogP contribution in [0.3, 0.4) is 0 Å². The lowest BCUT2D eigenvalue weighted by molar-refractivity contribution is -0.334. The van der Waals surface area contributed by atoms with Gasteiger partial charge in [-0.05, 0) is 145 Å². The summed E-state index contributed by atoms with van der Waals surface area (Å²) in [4.78, 5) is 142. The van der Waals surface area contributed by atoms with Crippen molar-refractivity contribution < 1.29 is 127 Å². The Labute approximate surface area is 702 Å². The standard InChI is InChI=1S/C80H86Cl3FN12O25/c1-31(2)15-47(86-5)72(108)94-62-64(102)35-9-13-51(44(82)18-35)117-53-21-38-22-54(68(53)121-79-69(67(105)66(104)55(30-97)119-79)120-57-26-80(4,70(106)32(3)116-57)88-28-33-16-39(29-87-27-33)89-71(107)37-7-11-46(84)43(81)20-37)118-52-14-10-36(19-45(52)83)65(103)63-77(113)93-61(78(114)96-115-6)42-23-40(98)24-50(100)58(42)41-17-34(8-12-49(41)99)59(74(110)95-63)92-75(111)60(38)91-73(109)48(25-56(85)101)90-76(62)112/h7-14,16-24,27,29,31-32,47-48,55,57,59-67,69-70,79,86,88,97-100,102-106H,15,25-26,28,30H2,1-6H3,(H2,85,101)(H,89,107)(H,90,112)(H,91,109)(H,92,111)(H,93,113)(H,94,108)(H,95,110)(H,96,114)/t32?,47?,48?,55?,57?,59?,60?,61-,62?,63?,64?,65?,66?,67?,69?,70?,79?,80-/m1/s1. The first-order chi connectivity index (χ1) is 57.4. The number of hydroxylamine groups is 1. The van der Waals surface area contributed by atoms with Crippen molar-refractivity contribution in [2.24, 2.45) is 11.7 Å². The molecule has 2 fully saturated rings. The van der Waals surface area contributed by atoms with Gasteiger partial charge in [0.15, 0.2) is 23.9 Å². The highest BCUT2D eigenvalue weighted by Crippen LogP contribution is 2.50. The third-order valence-electron chi connectivity index (χ3n) is 20.9. The molecule has 0 radical (unpaired) electrons. The largest absolute Gasteiger partial charge is 0.508 e. The third kappa shape index (κ3) is 19.7. The van der Waals surface area contributed by atoms with E-state index in [1.807, 2.05) is 13.8 Å². The zero-order chi connectivity index (χ0) is 87.5. The molecule has 0 aliphatic carbocycles. The number of pyridine rings is 1. The smallest absolute Gasteiger partial charge is 0.270 e. The number of primary amides is 1. The van der Waals surface area contributed by atoms with Crippen LogP contribution in [0.25, 0.3) is 11.1 Å². The maximum atomic E-state index is 16.3. The van der Waals surface area contributed by atoms with E-state index in [1.54, 1.807) is 13.0 Å². The summed E-state index contributed by atoms with van der Waals surface area (Å²) < 4.78 is 53.4. The Bertz CT molecular complexity index is 5180. The molecular weight excluding hydrogens is 1650 g/mol. The maximum Gasteiger partial charge on any atom is 0.270 e. The Morgan fingerprint density at radius 3 is 2.00 bits per heavy atom. The fraction of sp³-hybridized carbons (Fsp3) is 0.375. The van der Waals surface area contributed by atoms with E-state index in [2.05, 4.69) is 58.3 Å². The van der Waals surface area contributed by atoms with Crippen molar-refractivity contribution >= 4 is 93.7 Å². The second-order valence-corrected chi connectivity index (χ2v) is 31.2. The number of nitrogens with zero attached hydrogens (tertiary/aromatic N) is 1. The molecule has 6 aromatic carbocycles. The van der Waals surface area contributed by atoms with Gasteiger partial charge in [-0.1, -0.05) is 66.8 Å². The summed E-state index contributed by atoms with van der Waals surface area (Å²) in [6.07, 6.45) is -16.6. The molecule has 37 nitrogen and oxygen atoms in total. The number of carbonyl (C=O) groups is 9. The number of phenols is 3. The number of halogens is 4. The molecule has 14 rings (SSSR count). The van der Waals surface area contributed by atoms with Crippen molar-refractivity contribution in [3.63, 3.8) is 0 Å². The topological polar surface area (TPSA) is 560 Å². The van der Waals surface area contributed by atoms with Crippen LogP contribution in [0.1, 0.15) is 121 Å². The summed E-state index contributed by atoms with van der Waals surface area (Å²) in [5.41, 5.74) is 4.53. The monoisotopic (exact) mass is 1740 g/mol. The molecule has 8 heterocycles. The predicted molar refractivity (Wildman–Crippen MR) is 423 cm³/mol. The van der Waals surface area contributed by atoms with Crippen molar-refractivity contribution in [1.29, 1.82) is 0 Å². The van der Waals surface area contributed by atoms with Crippen LogP contribution in [-0.2, 0) is 63.9 Å². The molecule has 16 unspecified atom stereocenters. The number of fused-ring (bicyclic) bond motifs is 15. The zero-order valence-electron chi connectivity index (χ0n) is 65.0. The SMILES string of the molecule is CNC(CC(C)C)C(=O)NC1C(=O)NC(CC(N)=O)C(=O)NC2C(=O)NC3C(=O)NC(C(=O)N[C@@H](C(=O)NOC)c4cc(O)cc(O)c4-c4cc3ccc4O)C(O)c3ccc(c(Cl)c3)Oc3cc2cc(c3OC2OC(CO)C(O)C(O)C2OC2C[C@@](C)(NCc3cncc(NC(=O)c4ccc(F)c(Cl)c4)c3)C(O)C(C)O2)Oc2ccc(cc2Cl)C1O. The second-order valence-electron chi connectivity index (χ2n) is 30.0. The summed E-state index contributed by atoms with van der Waals surface area (Å²) in [6.45, 7) is 5.68. The minimum absolute atomic E-state index is 0.0428. The Kier molecular flexibility index (Phi) is 27.6. The summed E-state index contributed by atoms with van der Waals surface area (Å²) >= 11 is 20.3. The quantitative estimate of drug-likeness (QED) is 0.0517. The molecule has 11 bridgehead atoms. The number of hydrogen-bond donors (Lipinski definition) is 20. The molecular formula is C80H86Cl3FN12O25. The predicted octanol–water partition coefficient (Wildman–Crippen LogP) is 2.97. The number of aliphatic hydroxyl groups is 6. The molecule has 7 aliphatic heterocycles. The Morgan fingerprint density at radius 2 is 1.36 bits per heavy atom. The average molecular weight is 1740 g/mol. The van der Waals surface area contributed by atoms with E-state index >= 15 is 24.0 Å². The van der Waals surface area contributed by atoms with Gasteiger partial charge in [-0.3, -0.25) is 53.0 Å². The number of nitrogens with one attached hydrogen (secondary N) is 10. The number of aromatic nitrogens is 1. The molecule has 121 heavy (non-hydrogen) atoms. The number of phenolic OH excluding ortho intramolecular Hbond substituents is 3. The highest BCUT2D eigenvalue weighted by molar-refractivity contribution is 6.32. The van der Waals surface area contributed by atoms with Gasteiger partial charge in [-0.15, -0.1) is 0 Å². The van der Waals surface area contributed by atoms with Gasteiger partial charge in [-0.25, -0.2) is 9.87 Å². The van der Waals surface area contributed by atoms with Crippen LogP contribution < -0.4 is 73.3 Å². The van der Waals surface area contributed by atoms with E-state index in [4.69, 9.17) is 73.8 Å². The first-order valence-electron chi connectivity index (χ1n) is 37.7. The van der Waals surface area contributed by atoms with Crippen molar-refractivity contribution in [1.82, 2.24) is 53.0 Å². The molecule has 18 atom stereocenters. The lowest BCUT2D eigenvalue weighted by Crippen LogP contribution is -2.65. The number of hydrogen-bond acceptors (Lipinski definition) is 28. The normalized spacial score (nSPS) is 26.4. The van der Waals surface area contributed by atoms with Crippen molar-refractivity contribution in [2.45, 2.75) is 163 Å². The molecule has 41 heteroatoms. The van der Waals surface area contributed by atoms with Gasteiger partial charge in [0.1, 0.15) is 101 Å². The van der Waals surface area contributed by atoms with E-state index in [9.17, 15) is 69.5 Å². The number of likely N-dealkylation sites (N-methyl/N-ethyl adjacent to an activating group) is 1. The van der Waals surface area contributed by atoms with Gasteiger partial charge >= 0.3 is 0 Å². The van der Waals surface area contributed by atoms with Crippen LogP contribution in [0.4, 0.5) is 10.1 Å². The molecule has 7 aromatic rings. The van der Waals surface area contributed by atoms with E-state index < -0.39 is 254 Å². The number of aliphatic hydroxyl groups excluding tert-OH is 6. The molecule has 21 N–H and O–H groups in total. The molecule has 9 amide bonds. The van der Waals surface area contributed by atoms with Crippen molar-refractivity contribution in [2.75, 3.05) is 26.1 Å². The molecule has 644 valence electrons.